The molecule has 3 aromatic heterocycles. The van der Waals surface area contributed by atoms with E-state index in [0.717, 1.165) is 28.1 Å². The molecule has 1 aliphatic heterocycles. The molecule has 1 aliphatic rings. The lowest BCUT2D eigenvalue weighted by atomic mass is 10.1. The first kappa shape index (κ1) is 23.7. The van der Waals surface area contributed by atoms with Crippen molar-refractivity contribution in [3.8, 4) is 0 Å². The number of aromatic nitrogens is 3. The highest BCUT2D eigenvalue weighted by atomic mass is 32.2. The first-order chi connectivity index (χ1) is 15.5. The fraction of sp³-hybridized carbons (Fsp3) is 0.522. The lowest BCUT2D eigenvalue weighted by molar-refractivity contribution is 0.0479. The van der Waals surface area contributed by atoms with E-state index < -0.39 is 15.8 Å². The topological polar surface area (TPSA) is 100 Å². The number of sulfone groups is 1. The van der Waals surface area contributed by atoms with Crippen LogP contribution in [-0.4, -0.2) is 52.6 Å². The van der Waals surface area contributed by atoms with Gasteiger partial charge in [-0.25, -0.2) is 13.2 Å². The van der Waals surface area contributed by atoms with E-state index in [4.69, 9.17) is 4.74 Å². The Labute approximate surface area is 197 Å². The number of ether oxygens (including phenoxy) is 1. The normalized spacial score (nSPS) is 17.8. The van der Waals surface area contributed by atoms with Crippen molar-refractivity contribution in [2.24, 2.45) is 5.92 Å². The molecule has 1 atom stereocenters. The van der Waals surface area contributed by atoms with Gasteiger partial charge in [-0.3, -0.25) is 9.48 Å². The molecule has 1 saturated heterocycles. The lowest BCUT2D eigenvalue weighted by Crippen LogP contribution is -2.16. The van der Waals surface area contributed by atoms with Crippen LogP contribution in [0.5, 0.6) is 0 Å². The second-order valence-electron chi connectivity index (χ2n) is 9.20. The molecule has 0 saturated carbocycles. The van der Waals surface area contributed by atoms with Gasteiger partial charge in [-0.2, -0.15) is 5.10 Å². The first-order valence-corrected chi connectivity index (χ1v) is 13.7. The van der Waals surface area contributed by atoms with Crippen molar-refractivity contribution in [3.05, 3.63) is 39.7 Å². The molecule has 0 amide bonds. The van der Waals surface area contributed by atoms with E-state index in [1.54, 1.807) is 12.1 Å². The van der Waals surface area contributed by atoms with Crippen LogP contribution in [0.2, 0.25) is 0 Å². The van der Waals surface area contributed by atoms with Crippen molar-refractivity contribution >= 4 is 43.1 Å². The maximum absolute atomic E-state index is 12.8. The van der Waals surface area contributed by atoms with Crippen LogP contribution in [0.3, 0.4) is 0 Å². The minimum absolute atomic E-state index is 0.0889. The molecule has 1 fully saturated rings. The zero-order chi connectivity index (χ0) is 24.1. The van der Waals surface area contributed by atoms with Crippen molar-refractivity contribution < 1.29 is 22.7 Å². The monoisotopic (exact) mass is 491 g/mol. The summed E-state index contributed by atoms with van der Waals surface area (Å²) in [6, 6.07) is 3.37. The zero-order valence-corrected chi connectivity index (χ0v) is 21.2. The molecule has 178 valence electrons. The number of thiophene rings is 1. The lowest BCUT2D eigenvalue weighted by Gasteiger charge is -2.16. The number of carbonyl (C=O) groups is 2. The summed E-state index contributed by atoms with van der Waals surface area (Å²) in [6.07, 6.45) is 0.543. The molecule has 10 heteroatoms. The highest BCUT2D eigenvalue weighted by molar-refractivity contribution is 7.91. The fourth-order valence-corrected chi connectivity index (χ4v) is 7.33. The van der Waals surface area contributed by atoms with Gasteiger partial charge in [0.1, 0.15) is 9.71 Å². The number of hydrogen-bond donors (Lipinski definition) is 0. The van der Waals surface area contributed by atoms with Gasteiger partial charge in [0.05, 0.1) is 17.2 Å². The molecule has 0 spiro atoms. The third-order valence-electron chi connectivity index (χ3n) is 6.04. The van der Waals surface area contributed by atoms with Gasteiger partial charge >= 0.3 is 5.97 Å². The molecule has 4 rings (SSSR count). The standard InChI is InChI=1S/C23H29N3O5S2/c1-13(2)10-25-22-18(15(4)24-25)9-21(32-22)23(28)31-11-20(27)19-8-14(3)26(16(19)5)17-6-7-33(29,30)12-17/h8-9,13,17H,6-7,10-12H2,1-5H3/t17-/m1/s1. The van der Waals surface area contributed by atoms with Crippen LogP contribution in [0.15, 0.2) is 12.1 Å². The van der Waals surface area contributed by atoms with Crippen LogP contribution in [0, 0.1) is 26.7 Å². The predicted octanol–water partition coefficient (Wildman–Crippen LogP) is 3.88. The SMILES string of the molecule is Cc1nn(CC(C)C)c2sc(C(=O)OCC(=O)c3cc(C)n([C@@H]4CCS(=O)(=O)C4)c3C)cc12. The summed E-state index contributed by atoms with van der Waals surface area (Å²) < 4.78 is 33.0. The Morgan fingerprint density at radius 2 is 1.97 bits per heavy atom. The van der Waals surface area contributed by atoms with Crippen LogP contribution < -0.4 is 0 Å². The number of ketones is 1. The minimum atomic E-state index is -3.04. The Hall–Kier alpha value is -2.46. The number of esters is 1. The van der Waals surface area contributed by atoms with E-state index in [1.807, 2.05) is 30.0 Å². The molecule has 3 aromatic rings. The van der Waals surface area contributed by atoms with Gasteiger partial charge in [-0.05, 0) is 45.2 Å². The van der Waals surface area contributed by atoms with Crippen LogP contribution in [0.1, 0.15) is 63.4 Å². The molecular formula is C23H29N3O5S2. The zero-order valence-electron chi connectivity index (χ0n) is 19.5. The highest BCUT2D eigenvalue weighted by Crippen LogP contribution is 2.31. The van der Waals surface area contributed by atoms with Crippen LogP contribution >= 0.6 is 11.3 Å². The van der Waals surface area contributed by atoms with Gasteiger partial charge in [0.2, 0.25) is 5.78 Å². The number of nitrogens with zero attached hydrogens (tertiary/aromatic N) is 3. The minimum Gasteiger partial charge on any atom is -0.453 e. The van der Waals surface area contributed by atoms with Gasteiger partial charge < -0.3 is 9.30 Å². The molecule has 33 heavy (non-hydrogen) atoms. The maximum atomic E-state index is 12.8. The largest absolute Gasteiger partial charge is 0.453 e. The molecule has 8 nitrogen and oxygen atoms in total. The number of Topliss-reactive ketones (excluding diaryl/α,β-unsaturated/α-hetero) is 1. The molecule has 0 unspecified atom stereocenters. The first-order valence-electron chi connectivity index (χ1n) is 11.0. The van der Waals surface area contributed by atoms with Gasteiger partial charge in [-0.15, -0.1) is 11.3 Å². The maximum Gasteiger partial charge on any atom is 0.348 e. The third-order valence-corrected chi connectivity index (χ3v) is 8.92. The van der Waals surface area contributed by atoms with Crippen LogP contribution in [0.25, 0.3) is 10.2 Å². The van der Waals surface area contributed by atoms with Gasteiger partial charge in [-0.1, -0.05) is 13.8 Å². The van der Waals surface area contributed by atoms with Gasteiger partial charge in [0, 0.05) is 34.9 Å². The quantitative estimate of drug-likeness (QED) is 0.367. The van der Waals surface area contributed by atoms with E-state index in [1.165, 1.54) is 11.3 Å². The highest BCUT2D eigenvalue weighted by Gasteiger charge is 2.32. The number of fused-ring (bicyclic) bond motifs is 1. The smallest absolute Gasteiger partial charge is 0.348 e. The number of aryl methyl sites for hydroxylation is 2. The predicted molar refractivity (Wildman–Crippen MR) is 128 cm³/mol. The average Bonchev–Trinajstić information content (AvgIpc) is 3.45. The van der Waals surface area contributed by atoms with Crippen LogP contribution in [-0.2, 0) is 21.1 Å². The molecule has 4 heterocycles. The summed E-state index contributed by atoms with van der Waals surface area (Å²) >= 11 is 1.32. The molecule has 0 bridgehead atoms. The Kier molecular flexibility index (Phi) is 6.26. The molecule has 0 aromatic carbocycles. The van der Waals surface area contributed by atoms with Crippen molar-refractivity contribution in [1.82, 2.24) is 14.3 Å². The van der Waals surface area contributed by atoms with E-state index in [-0.39, 0.29) is 29.9 Å². The van der Waals surface area contributed by atoms with Crippen molar-refractivity contribution in [2.45, 2.75) is 53.6 Å². The van der Waals surface area contributed by atoms with E-state index in [9.17, 15) is 18.0 Å². The molecule has 0 N–H and O–H groups in total. The summed E-state index contributed by atoms with van der Waals surface area (Å²) in [5, 5.41) is 5.47. The molecular weight excluding hydrogens is 462 g/mol. The van der Waals surface area contributed by atoms with E-state index in [0.29, 0.717) is 28.5 Å². The van der Waals surface area contributed by atoms with Crippen LogP contribution in [0.4, 0.5) is 0 Å². The molecule has 0 aliphatic carbocycles. The second kappa shape index (κ2) is 8.72. The Bertz CT molecular complexity index is 1340. The molecule has 0 radical (unpaired) electrons. The Morgan fingerprint density at radius 3 is 2.61 bits per heavy atom. The summed E-state index contributed by atoms with van der Waals surface area (Å²) in [5.74, 6) is -0.154. The van der Waals surface area contributed by atoms with Gasteiger partial charge in [0.15, 0.2) is 16.4 Å². The summed E-state index contributed by atoms with van der Waals surface area (Å²) in [4.78, 5) is 26.9. The average molecular weight is 492 g/mol. The third kappa shape index (κ3) is 4.63. The Morgan fingerprint density at radius 1 is 1.24 bits per heavy atom. The van der Waals surface area contributed by atoms with Crippen molar-refractivity contribution in [1.29, 1.82) is 0 Å². The van der Waals surface area contributed by atoms with Crippen molar-refractivity contribution in [2.75, 3.05) is 18.1 Å². The van der Waals surface area contributed by atoms with Crippen molar-refractivity contribution in [3.63, 3.8) is 0 Å². The fourth-order valence-electron chi connectivity index (χ4n) is 4.56. The number of carbonyl (C=O) groups excluding carboxylic acids is 2. The number of hydrogen-bond acceptors (Lipinski definition) is 7. The summed E-state index contributed by atoms with van der Waals surface area (Å²) in [5.41, 5.74) is 2.86. The van der Waals surface area contributed by atoms with E-state index >= 15 is 0 Å². The summed E-state index contributed by atoms with van der Waals surface area (Å²) in [7, 11) is -3.04. The number of rotatable bonds is 7. The Balaban J connectivity index is 1.47. The van der Waals surface area contributed by atoms with E-state index in [2.05, 4.69) is 18.9 Å². The second-order valence-corrected chi connectivity index (χ2v) is 12.5. The summed E-state index contributed by atoms with van der Waals surface area (Å²) in [6.45, 7) is 10.2. The van der Waals surface area contributed by atoms with Gasteiger partial charge in [0.25, 0.3) is 0 Å².